The van der Waals surface area contributed by atoms with Crippen molar-refractivity contribution in [2.24, 2.45) is 11.8 Å². The maximum atomic E-state index is 14.4. The van der Waals surface area contributed by atoms with Crippen molar-refractivity contribution in [3.05, 3.63) is 59.3 Å². The predicted molar refractivity (Wildman–Crippen MR) is 169 cm³/mol. The highest BCUT2D eigenvalue weighted by atomic mass is 19.1. The number of hydrogen-bond donors (Lipinski definition) is 0. The Hall–Kier alpha value is -3.46. The molecular weight excluding hydrogens is 543 g/mol. The third-order valence-corrected chi connectivity index (χ3v) is 9.52. The van der Waals surface area contributed by atoms with Crippen LogP contribution in [-0.4, -0.2) is 101 Å². The molecule has 0 saturated carbocycles. The summed E-state index contributed by atoms with van der Waals surface area (Å²) in [6.45, 7) is 11.0. The Balaban J connectivity index is 1.29. The smallest absolute Gasteiger partial charge is 0.319 e. The van der Waals surface area contributed by atoms with Gasteiger partial charge in [-0.1, -0.05) is 0 Å². The lowest BCUT2D eigenvalue weighted by Crippen LogP contribution is -2.46. The summed E-state index contributed by atoms with van der Waals surface area (Å²) in [4.78, 5) is 38.1. The van der Waals surface area contributed by atoms with Crippen LogP contribution in [-0.2, 0) is 6.42 Å². The van der Waals surface area contributed by atoms with E-state index in [1.807, 2.05) is 49.8 Å². The molecule has 3 aromatic rings. The summed E-state index contributed by atoms with van der Waals surface area (Å²) in [7, 11) is 5.40. The summed E-state index contributed by atoms with van der Waals surface area (Å²) in [5.41, 5.74) is 4.34. The van der Waals surface area contributed by atoms with Gasteiger partial charge in [0.25, 0.3) is 5.91 Å². The summed E-state index contributed by atoms with van der Waals surface area (Å²) in [6, 6.07) is 4.61. The van der Waals surface area contributed by atoms with E-state index in [-0.39, 0.29) is 18.0 Å². The van der Waals surface area contributed by atoms with Crippen LogP contribution in [0.25, 0.3) is 16.6 Å². The number of amides is 3. The molecule has 0 spiro atoms. The van der Waals surface area contributed by atoms with Crippen molar-refractivity contribution in [3.63, 3.8) is 0 Å². The molecule has 0 aliphatic carbocycles. The number of carbonyl (C=O) groups excluding carboxylic acids is 2. The molecule has 0 radical (unpaired) electrons. The van der Waals surface area contributed by atoms with Crippen LogP contribution in [0, 0.1) is 24.6 Å². The second-order valence-corrected chi connectivity index (χ2v) is 13.1. The van der Waals surface area contributed by atoms with Crippen molar-refractivity contribution in [1.82, 2.24) is 29.2 Å². The molecule has 8 nitrogen and oxygen atoms in total. The molecular formula is C34H47FN6O2. The molecule has 0 unspecified atom stereocenters. The van der Waals surface area contributed by atoms with Gasteiger partial charge in [-0.25, -0.2) is 9.18 Å². The van der Waals surface area contributed by atoms with Crippen LogP contribution < -0.4 is 0 Å². The number of pyridine rings is 1. The van der Waals surface area contributed by atoms with Gasteiger partial charge in [0, 0.05) is 64.6 Å². The monoisotopic (exact) mass is 590 g/mol. The lowest BCUT2D eigenvalue weighted by Gasteiger charge is -2.38. The highest BCUT2D eigenvalue weighted by molar-refractivity contribution is 5.99. The van der Waals surface area contributed by atoms with Gasteiger partial charge in [-0.05, 0) is 107 Å². The topological polar surface area (TPSA) is 64.9 Å². The van der Waals surface area contributed by atoms with Crippen LogP contribution in [0.3, 0.4) is 0 Å². The summed E-state index contributed by atoms with van der Waals surface area (Å²) >= 11 is 0. The minimum atomic E-state index is -0.422. The fourth-order valence-corrected chi connectivity index (χ4v) is 6.75. The molecule has 0 bridgehead atoms. The quantitative estimate of drug-likeness (QED) is 0.359. The second kappa shape index (κ2) is 13.0. The maximum Gasteiger partial charge on any atom is 0.319 e. The number of urea groups is 1. The van der Waals surface area contributed by atoms with E-state index < -0.39 is 5.82 Å². The number of carbonyl (C=O) groups is 2. The number of likely N-dealkylation sites (tertiary alicyclic amines) is 2. The van der Waals surface area contributed by atoms with Gasteiger partial charge in [-0.2, -0.15) is 0 Å². The highest BCUT2D eigenvalue weighted by Crippen LogP contribution is 2.33. The number of fused-ring (bicyclic) bond motifs is 1. The molecule has 0 N–H and O–H groups in total. The average molecular weight is 591 g/mol. The average Bonchev–Trinajstić information content (AvgIpc) is 3.36. The molecule has 2 aliphatic rings. The summed E-state index contributed by atoms with van der Waals surface area (Å²) in [5, 5.41) is 1.18. The SMILES string of the molecule is Cc1cncc2c1c(CC1CCN(CC3CCN(C(=O)N(C)C)CC3)CC1)cn2-c1ccc(F)cc1C(=O)N(C)C(C)C. The van der Waals surface area contributed by atoms with Gasteiger partial charge in [0.2, 0.25) is 0 Å². The Bertz CT molecular complexity index is 1450. The number of benzene rings is 1. The van der Waals surface area contributed by atoms with E-state index in [0.717, 1.165) is 75.9 Å². The van der Waals surface area contributed by atoms with Crippen LogP contribution in [0.4, 0.5) is 9.18 Å². The summed E-state index contributed by atoms with van der Waals surface area (Å²) < 4.78 is 16.5. The molecule has 232 valence electrons. The van der Waals surface area contributed by atoms with Crippen LogP contribution in [0.15, 0.2) is 36.8 Å². The first-order chi connectivity index (χ1) is 20.5. The molecule has 3 amide bonds. The molecule has 2 aliphatic heterocycles. The van der Waals surface area contributed by atoms with Crippen molar-refractivity contribution in [2.45, 2.75) is 58.9 Å². The third-order valence-electron chi connectivity index (χ3n) is 9.52. The minimum Gasteiger partial charge on any atom is -0.339 e. The Morgan fingerprint density at radius 1 is 1.00 bits per heavy atom. The van der Waals surface area contributed by atoms with Crippen molar-refractivity contribution >= 4 is 22.8 Å². The zero-order valence-corrected chi connectivity index (χ0v) is 26.6. The van der Waals surface area contributed by atoms with Gasteiger partial charge in [-0.3, -0.25) is 9.78 Å². The first-order valence-corrected chi connectivity index (χ1v) is 15.7. The summed E-state index contributed by atoms with van der Waals surface area (Å²) in [6.07, 6.45) is 11.3. The van der Waals surface area contributed by atoms with Gasteiger partial charge < -0.3 is 24.2 Å². The number of piperidine rings is 2. The summed E-state index contributed by atoms with van der Waals surface area (Å²) in [5.74, 6) is 0.604. The Morgan fingerprint density at radius 2 is 1.67 bits per heavy atom. The number of nitrogens with zero attached hydrogens (tertiary/aromatic N) is 6. The van der Waals surface area contributed by atoms with Crippen LogP contribution >= 0.6 is 0 Å². The second-order valence-electron chi connectivity index (χ2n) is 13.1. The van der Waals surface area contributed by atoms with E-state index in [1.54, 1.807) is 22.9 Å². The molecule has 5 rings (SSSR count). The van der Waals surface area contributed by atoms with Gasteiger partial charge in [0.05, 0.1) is 23.0 Å². The maximum absolute atomic E-state index is 14.4. The van der Waals surface area contributed by atoms with Crippen LogP contribution in [0.5, 0.6) is 0 Å². The number of hydrogen-bond acceptors (Lipinski definition) is 4. The van der Waals surface area contributed by atoms with Crippen molar-refractivity contribution in [2.75, 3.05) is 53.9 Å². The third kappa shape index (κ3) is 6.71. The van der Waals surface area contributed by atoms with Gasteiger partial charge in [0.1, 0.15) is 5.82 Å². The van der Waals surface area contributed by atoms with Crippen LogP contribution in [0.1, 0.15) is 61.0 Å². The zero-order chi connectivity index (χ0) is 30.8. The van der Waals surface area contributed by atoms with E-state index in [1.165, 1.54) is 23.1 Å². The Morgan fingerprint density at radius 3 is 2.33 bits per heavy atom. The highest BCUT2D eigenvalue weighted by Gasteiger charge is 2.28. The predicted octanol–water partition coefficient (Wildman–Crippen LogP) is 5.60. The van der Waals surface area contributed by atoms with Crippen molar-refractivity contribution < 1.29 is 14.0 Å². The molecule has 2 aromatic heterocycles. The Labute approximate surface area is 255 Å². The fraction of sp³-hybridized carbons (Fsp3) is 0.559. The first-order valence-electron chi connectivity index (χ1n) is 15.7. The standard InChI is InChI=1S/C34H47FN6O2/c1-23(2)38(6)33(42)29-18-28(35)7-8-30(29)41-22-27(32-24(3)19-36-20-31(32)41)17-25-9-13-39(14-10-25)21-26-11-15-40(16-12-26)34(43)37(4)5/h7-8,18-20,22-23,25-26H,9-17,21H2,1-6H3. The van der Waals surface area contributed by atoms with Crippen molar-refractivity contribution in [1.29, 1.82) is 0 Å². The van der Waals surface area contributed by atoms with Gasteiger partial charge in [-0.15, -0.1) is 0 Å². The molecule has 4 heterocycles. The molecule has 2 fully saturated rings. The normalized spacial score (nSPS) is 17.2. The van der Waals surface area contributed by atoms with Gasteiger partial charge in [0.15, 0.2) is 0 Å². The Kier molecular flexibility index (Phi) is 9.39. The van der Waals surface area contributed by atoms with E-state index >= 15 is 0 Å². The number of rotatable bonds is 7. The molecule has 43 heavy (non-hydrogen) atoms. The van der Waals surface area contributed by atoms with E-state index in [4.69, 9.17) is 0 Å². The molecule has 1 aromatic carbocycles. The first kappa shape index (κ1) is 31.0. The van der Waals surface area contributed by atoms with Crippen molar-refractivity contribution in [3.8, 4) is 5.69 Å². The lowest BCUT2D eigenvalue weighted by molar-refractivity contribution is 0.0754. The molecule has 9 heteroatoms. The number of aryl methyl sites for hydroxylation is 1. The van der Waals surface area contributed by atoms with Crippen LogP contribution in [0.2, 0.25) is 0 Å². The number of aromatic nitrogens is 2. The zero-order valence-electron chi connectivity index (χ0n) is 26.6. The molecule has 0 atom stereocenters. The number of halogens is 1. The fourth-order valence-electron chi connectivity index (χ4n) is 6.75. The molecule has 2 saturated heterocycles. The van der Waals surface area contributed by atoms with E-state index in [0.29, 0.717) is 23.1 Å². The van der Waals surface area contributed by atoms with E-state index in [2.05, 4.69) is 23.0 Å². The van der Waals surface area contributed by atoms with Gasteiger partial charge >= 0.3 is 6.03 Å². The largest absolute Gasteiger partial charge is 0.339 e. The lowest BCUT2D eigenvalue weighted by atomic mass is 9.88. The van der Waals surface area contributed by atoms with E-state index in [9.17, 15) is 14.0 Å². The minimum absolute atomic E-state index is 0.00422.